The Bertz CT molecular complexity index is 650. The molecule has 0 atom stereocenters. The number of ether oxygens (including phenoxy) is 1. The van der Waals surface area contributed by atoms with E-state index in [4.69, 9.17) is 10.00 Å². The standard InChI is InChI=1S/C13H11N3O2/c1-2-18-13(17)9(7-14)6-10-8-16-12-11(10)4-3-5-15-12/h3-6,8H,2H2,1H3,(H,15,16)/b9-6+. The van der Waals surface area contributed by atoms with Crippen molar-refractivity contribution in [3.8, 4) is 6.07 Å². The van der Waals surface area contributed by atoms with Crippen LogP contribution in [0.1, 0.15) is 12.5 Å². The van der Waals surface area contributed by atoms with Gasteiger partial charge in [0.15, 0.2) is 0 Å². The lowest BCUT2D eigenvalue weighted by atomic mass is 10.1. The molecular weight excluding hydrogens is 230 g/mol. The van der Waals surface area contributed by atoms with Gasteiger partial charge in [-0.05, 0) is 25.1 Å². The molecule has 0 saturated heterocycles. The zero-order valence-corrected chi connectivity index (χ0v) is 9.80. The lowest BCUT2D eigenvalue weighted by Crippen LogP contribution is -2.05. The second kappa shape index (κ2) is 5.15. The molecule has 0 unspecified atom stereocenters. The summed E-state index contributed by atoms with van der Waals surface area (Å²) in [5.74, 6) is -0.613. The lowest BCUT2D eigenvalue weighted by molar-refractivity contribution is -0.137. The maximum absolute atomic E-state index is 11.5. The summed E-state index contributed by atoms with van der Waals surface area (Å²) in [6, 6.07) is 5.50. The molecule has 0 aliphatic rings. The number of hydrogen-bond donors (Lipinski definition) is 1. The van der Waals surface area contributed by atoms with Gasteiger partial charge in [-0.3, -0.25) is 0 Å². The average Bonchev–Trinajstić information content (AvgIpc) is 2.79. The molecular formula is C13H11N3O2. The zero-order valence-electron chi connectivity index (χ0n) is 9.80. The minimum atomic E-state index is -0.613. The smallest absolute Gasteiger partial charge is 0.348 e. The normalized spacial score (nSPS) is 11.2. The summed E-state index contributed by atoms with van der Waals surface area (Å²) in [7, 11) is 0. The predicted molar refractivity (Wildman–Crippen MR) is 66.3 cm³/mol. The van der Waals surface area contributed by atoms with E-state index in [0.717, 1.165) is 10.9 Å². The van der Waals surface area contributed by atoms with Crippen LogP contribution >= 0.6 is 0 Å². The van der Waals surface area contributed by atoms with Crippen LogP contribution < -0.4 is 0 Å². The summed E-state index contributed by atoms with van der Waals surface area (Å²) in [4.78, 5) is 18.6. The molecule has 0 fully saturated rings. The van der Waals surface area contributed by atoms with Gasteiger partial charge in [0.25, 0.3) is 0 Å². The first-order chi connectivity index (χ1) is 8.76. The van der Waals surface area contributed by atoms with Crippen molar-refractivity contribution < 1.29 is 9.53 Å². The van der Waals surface area contributed by atoms with E-state index in [1.165, 1.54) is 6.08 Å². The first-order valence-corrected chi connectivity index (χ1v) is 5.47. The maximum Gasteiger partial charge on any atom is 0.348 e. The van der Waals surface area contributed by atoms with Crippen LogP contribution in [0.25, 0.3) is 17.1 Å². The number of nitrogens with zero attached hydrogens (tertiary/aromatic N) is 2. The van der Waals surface area contributed by atoms with E-state index in [9.17, 15) is 4.79 Å². The van der Waals surface area contributed by atoms with E-state index in [-0.39, 0.29) is 12.2 Å². The molecule has 1 N–H and O–H groups in total. The van der Waals surface area contributed by atoms with Crippen molar-refractivity contribution in [3.63, 3.8) is 0 Å². The first kappa shape index (κ1) is 11.9. The van der Waals surface area contributed by atoms with Crippen LogP contribution in [0.4, 0.5) is 0 Å². The van der Waals surface area contributed by atoms with Crippen LogP contribution in [0.5, 0.6) is 0 Å². The molecule has 0 saturated carbocycles. The van der Waals surface area contributed by atoms with Crippen molar-refractivity contribution in [2.45, 2.75) is 6.92 Å². The summed E-state index contributed by atoms with van der Waals surface area (Å²) in [5.41, 5.74) is 1.43. The highest BCUT2D eigenvalue weighted by Gasteiger charge is 2.11. The molecule has 2 aromatic rings. The minimum Gasteiger partial charge on any atom is -0.462 e. The molecule has 0 spiro atoms. The second-order valence-corrected chi connectivity index (χ2v) is 3.53. The number of nitriles is 1. The van der Waals surface area contributed by atoms with E-state index in [1.807, 2.05) is 12.1 Å². The lowest BCUT2D eigenvalue weighted by Gasteiger charge is -1.98. The van der Waals surface area contributed by atoms with Gasteiger partial charge in [-0.15, -0.1) is 0 Å². The monoisotopic (exact) mass is 241 g/mol. The van der Waals surface area contributed by atoms with Gasteiger partial charge in [0.2, 0.25) is 0 Å². The van der Waals surface area contributed by atoms with Gasteiger partial charge < -0.3 is 9.72 Å². The molecule has 5 nitrogen and oxygen atoms in total. The van der Waals surface area contributed by atoms with Gasteiger partial charge in [-0.1, -0.05) is 0 Å². The number of carbonyl (C=O) groups is 1. The van der Waals surface area contributed by atoms with Crippen LogP contribution in [0.2, 0.25) is 0 Å². The Morgan fingerprint density at radius 1 is 1.67 bits per heavy atom. The van der Waals surface area contributed by atoms with E-state index < -0.39 is 5.97 Å². The number of aromatic amines is 1. The van der Waals surface area contributed by atoms with Gasteiger partial charge in [0.1, 0.15) is 17.3 Å². The third-order valence-electron chi connectivity index (χ3n) is 2.40. The molecule has 0 aliphatic heterocycles. The van der Waals surface area contributed by atoms with Gasteiger partial charge in [0, 0.05) is 23.3 Å². The van der Waals surface area contributed by atoms with Gasteiger partial charge in [-0.2, -0.15) is 5.26 Å². The highest BCUT2D eigenvalue weighted by atomic mass is 16.5. The maximum atomic E-state index is 11.5. The Labute approximate surface area is 104 Å². The van der Waals surface area contributed by atoms with E-state index in [2.05, 4.69) is 9.97 Å². The highest BCUT2D eigenvalue weighted by Crippen LogP contribution is 2.18. The minimum absolute atomic E-state index is 0.0263. The summed E-state index contributed by atoms with van der Waals surface area (Å²) in [6.07, 6.45) is 4.87. The van der Waals surface area contributed by atoms with Crippen molar-refractivity contribution in [1.29, 1.82) is 5.26 Å². The number of esters is 1. The van der Waals surface area contributed by atoms with Crippen LogP contribution in [0.15, 0.2) is 30.1 Å². The van der Waals surface area contributed by atoms with Gasteiger partial charge >= 0.3 is 5.97 Å². The third-order valence-corrected chi connectivity index (χ3v) is 2.40. The second-order valence-electron chi connectivity index (χ2n) is 3.53. The zero-order chi connectivity index (χ0) is 13.0. The number of carbonyl (C=O) groups excluding carboxylic acids is 1. The van der Waals surface area contributed by atoms with Crippen molar-refractivity contribution in [1.82, 2.24) is 9.97 Å². The Kier molecular flexibility index (Phi) is 3.39. The molecule has 5 heteroatoms. The molecule has 90 valence electrons. The summed E-state index contributed by atoms with van der Waals surface area (Å²) in [6.45, 7) is 1.94. The molecule has 0 radical (unpaired) electrons. The van der Waals surface area contributed by atoms with E-state index in [1.54, 1.807) is 25.4 Å². The number of rotatable bonds is 3. The number of pyridine rings is 1. The summed E-state index contributed by atoms with van der Waals surface area (Å²) in [5, 5.41) is 9.81. The largest absolute Gasteiger partial charge is 0.462 e. The Hall–Kier alpha value is -2.61. The fraction of sp³-hybridized carbons (Fsp3) is 0.154. The number of hydrogen-bond acceptors (Lipinski definition) is 4. The van der Waals surface area contributed by atoms with E-state index >= 15 is 0 Å². The SMILES string of the molecule is CCOC(=O)/C(C#N)=C/c1c[nH]c2ncccc12. The van der Waals surface area contributed by atoms with Crippen LogP contribution in [-0.4, -0.2) is 22.5 Å². The van der Waals surface area contributed by atoms with Gasteiger partial charge in [-0.25, -0.2) is 9.78 Å². The van der Waals surface area contributed by atoms with Crippen molar-refractivity contribution in [3.05, 3.63) is 35.7 Å². The van der Waals surface area contributed by atoms with E-state index in [0.29, 0.717) is 5.65 Å². The topological polar surface area (TPSA) is 78.8 Å². The average molecular weight is 241 g/mol. The Morgan fingerprint density at radius 3 is 3.22 bits per heavy atom. The van der Waals surface area contributed by atoms with Crippen molar-refractivity contribution >= 4 is 23.1 Å². The molecule has 0 aromatic carbocycles. The molecule has 2 rings (SSSR count). The van der Waals surface area contributed by atoms with Crippen molar-refractivity contribution in [2.24, 2.45) is 0 Å². The third kappa shape index (κ3) is 2.23. The fourth-order valence-electron chi connectivity index (χ4n) is 1.60. The summed E-state index contributed by atoms with van der Waals surface area (Å²) >= 11 is 0. The molecule has 0 bridgehead atoms. The number of nitrogens with one attached hydrogen (secondary N) is 1. The van der Waals surface area contributed by atoms with Crippen molar-refractivity contribution in [2.75, 3.05) is 6.61 Å². The molecule has 2 aromatic heterocycles. The first-order valence-electron chi connectivity index (χ1n) is 5.47. The van der Waals surface area contributed by atoms with Crippen LogP contribution in [0.3, 0.4) is 0 Å². The van der Waals surface area contributed by atoms with Crippen LogP contribution in [0, 0.1) is 11.3 Å². The number of aromatic nitrogens is 2. The Morgan fingerprint density at radius 2 is 2.50 bits per heavy atom. The number of H-pyrrole nitrogens is 1. The molecule has 0 amide bonds. The predicted octanol–water partition coefficient (Wildman–Crippen LogP) is 2.03. The Balaban J connectivity index is 2.42. The highest BCUT2D eigenvalue weighted by molar-refractivity contribution is 6.00. The molecule has 0 aliphatic carbocycles. The number of fused-ring (bicyclic) bond motifs is 1. The van der Waals surface area contributed by atoms with Crippen LogP contribution in [-0.2, 0) is 9.53 Å². The fourth-order valence-corrected chi connectivity index (χ4v) is 1.60. The molecule has 18 heavy (non-hydrogen) atoms. The quantitative estimate of drug-likeness (QED) is 0.506. The van der Waals surface area contributed by atoms with Gasteiger partial charge in [0.05, 0.1) is 6.61 Å². The summed E-state index contributed by atoms with van der Waals surface area (Å²) < 4.78 is 4.80. The molecule has 2 heterocycles.